The summed E-state index contributed by atoms with van der Waals surface area (Å²) in [5.41, 5.74) is 6.78. The van der Waals surface area contributed by atoms with Gasteiger partial charge in [-0.25, -0.2) is 0 Å². The van der Waals surface area contributed by atoms with Crippen LogP contribution in [0.3, 0.4) is 0 Å². The van der Waals surface area contributed by atoms with Crippen molar-refractivity contribution in [3.8, 4) is 0 Å². The van der Waals surface area contributed by atoms with Gasteiger partial charge in [-0.3, -0.25) is 0 Å². The summed E-state index contributed by atoms with van der Waals surface area (Å²) in [5, 5.41) is 11.9. The first-order chi connectivity index (χ1) is 17.3. The average molecular weight is 484 g/mol. The summed E-state index contributed by atoms with van der Waals surface area (Å²) in [6.45, 7) is 17.8. The molecule has 0 heterocycles. The van der Waals surface area contributed by atoms with E-state index in [0.29, 0.717) is 17.5 Å². The Kier molecular flexibility index (Phi) is 9.89. The molecule has 0 fully saturated rings. The minimum absolute atomic E-state index is 0.136. The van der Waals surface area contributed by atoms with Crippen molar-refractivity contribution < 1.29 is 0 Å². The lowest BCUT2D eigenvalue weighted by molar-refractivity contribution is 0.183. The van der Waals surface area contributed by atoms with Crippen LogP contribution in [0.15, 0.2) is 85.6 Å². The van der Waals surface area contributed by atoms with Crippen molar-refractivity contribution in [3.05, 3.63) is 108 Å². The van der Waals surface area contributed by atoms with Gasteiger partial charge in [-0.05, 0) is 86.7 Å². The average Bonchev–Trinajstić information content (AvgIpc) is 3.30. The Hall–Kier alpha value is -2.91. The summed E-state index contributed by atoms with van der Waals surface area (Å²) in [5.74, 6) is 1.12. The van der Waals surface area contributed by atoms with Crippen molar-refractivity contribution in [1.82, 2.24) is 10.2 Å². The van der Waals surface area contributed by atoms with Gasteiger partial charge in [0, 0.05) is 17.8 Å². The quantitative estimate of drug-likeness (QED) is 0.229. The summed E-state index contributed by atoms with van der Waals surface area (Å²) < 4.78 is 0. The molecule has 1 aliphatic carbocycles. The van der Waals surface area contributed by atoms with Gasteiger partial charge in [0.15, 0.2) is 0 Å². The van der Waals surface area contributed by atoms with Crippen molar-refractivity contribution in [2.45, 2.75) is 71.5 Å². The number of nitrogens with one attached hydrogen (secondary N) is 2. The second-order valence-corrected chi connectivity index (χ2v) is 10.6. The molecule has 0 saturated carbocycles. The molecule has 0 aromatic heterocycles. The number of rotatable bonds is 13. The number of benzene rings is 2. The Bertz CT molecular complexity index is 1040. The fraction of sp³-hybridized carbons (Fsp3) is 0.424. The lowest BCUT2D eigenvalue weighted by Gasteiger charge is -2.43. The second-order valence-electron chi connectivity index (χ2n) is 10.6. The molecule has 2 aromatic carbocycles. The molecule has 0 saturated heterocycles. The van der Waals surface area contributed by atoms with E-state index in [1.165, 1.54) is 16.7 Å². The van der Waals surface area contributed by atoms with Crippen LogP contribution in [0, 0.1) is 17.2 Å². The smallest absolute Gasteiger partial charge is 0.0608 e. The van der Waals surface area contributed by atoms with Crippen LogP contribution in [-0.4, -0.2) is 29.7 Å². The highest BCUT2D eigenvalue weighted by molar-refractivity contribution is 6.06. The summed E-state index contributed by atoms with van der Waals surface area (Å²) in [6.07, 6.45) is 10.2. The van der Waals surface area contributed by atoms with Crippen LogP contribution in [0.2, 0.25) is 0 Å². The fourth-order valence-electron chi connectivity index (χ4n) is 5.65. The number of hydrogen-bond donors (Lipinski definition) is 2. The molecule has 3 rings (SSSR count). The van der Waals surface area contributed by atoms with Gasteiger partial charge >= 0.3 is 0 Å². The number of allylic oxidation sites excluding steroid dienone is 2. The predicted octanol–water partition coefficient (Wildman–Crippen LogP) is 7.50. The van der Waals surface area contributed by atoms with Crippen molar-refractivity contribution in [2.24, 2.45) is 11.8 Å². The predicted molar refractivity (Wildman–Crippen MR) is 156 cm³/mol. The van der Waals surface area contributed by atoms with Crippen LogP contribution in [0.5, 0.6) is 0 Å². The van der Waals surface area contributed by atoms with E-state index < -0.39 is 0 Å². The maximum absolute atomic E-state index is 8.25. The maximum atomic E-state index is 8.25. The Morgan fingerprint density at radius 2 is 1.67 bits per heavy atom. The summed E-state index contributed by atoms with van der Waals surface area (Å²) in [7, 11) is 2.07. The van der Waals surface area contributed by atoms with Gasteiger partial charge in [0.2, 0.25) is 0 Å². The third-order valence-corrected chi connectivity index (χ3v) is 7.68. The van der Waals surface area contributed by atoms with Crippen molar-refractivity contribution in [1.29, 1.82) is 5.41 Å². The second kappa shape index (κ2) is 12.9. The van der Waals surface area contributed by atoms with Crippen LogP contribution >= 0.6 is 0 Å². The van der Waals surface area contributed by atoms with E-state index in [9.17, 15) is 0 Å². The Morgan fingerprint density at radius 3 is 2.17 bits per heavy atom. The van der Waals surface area contributed by atoms with Crippen LogP contribution in [0.25, 0.3) is 0 Å². The van der Waals surface area contributed by atoms with Crippen LogP contribution in [0.4, 0.5) is 0 Å². The molecular formula is C33H45N3. The zero-order valence-electron chi connectivity index (χ0n) is 22.9. The molecule has 0 spiro atoms. The molecule has 1 aliphatic rings. The number of fused-ring (bicyclic) bond motifs is 1. The molecule has 2 aromatic rings. The van der Waals surface area contributed by atoms with Gasteiger partial charge in [-0.2, -0.15) is 0 Å². The van der Waals surface area contributed by atoms with E-state index in [1.54, 1.807) is 0 Å². The first-order valence-electron chi connectivity index (χ1n) is 13.5. The Balaban J connectivity index is 1.91. The van der Waals surface area contributed by atoms with Crippen molar-refractivity contribution in [3.63, 3.8) is 0 Å². The molecular weight excluding hydrogens is 438 g/mol. The van der Waals surface area contributed by atoms with E-state index in [4.69, 9.17) is 12.0 Å². The number of likely N-dealkylation sites (N-methyl/N-ethyl adjacent to an activating group) is 1. The lowest BCUT2D eigenvalue weighted by Crippen LogP contribution is -2.46. The van der Waals surface area contributed by atoms with Gasteiger partial charge < -0.3 is 15.6 Å². The van der Waals surface area contributed by atoms with Crippen molar-refractivity contribution in [2.75, 3.05) is 7.05 Å². The molecule has 0 radical (unpaired) electrons. The molecule has 0 aliphatic heterocycles. The zero-order valence-corrected chi connectivity index (χ0v) is 22.9. The highest BCUT2D eigenvalue weighted by Gasteiger charge is 2.34. The van der Waals surface area contributed by atoms with Crippen LogP contribution in [-0.2, 0) is 12.8 Å². The van der Waals surface area contributed by atoms with Gasteiger partial charge in [-0.1, -0.05) is 81.1 Å². The highest BCUT2D eigenvalue weighted by atomic mass is 15.2. The first kappa shape index (κ1) is 27.7. The van der Waals surface area contributed by atoms with E-state index in [0.717, 1.165) is 36.9 Å². The minimum Gasteiger partial charge on any atom is -0.361 e. The largest absolute Gasteiger partial charge is 0.361 e. The molecule has 3 nitrogen and oxygen atoms in total. The molecule has 0 amide bonds. The maximum Gasteiger partial charge on any atom is 0.0608 e. The van der Waals surface area contributed by atoms with Crippen molar-refractivity contribution >= 4 is 5.71 Å². The normalized spacial score (nSPS) is 16.1. The van der Waals surface area contributed by atoms with Crippen LogP contribution in [0.1, 0.15) is 68.8 Å². The highest BCUT2D eigenvalue weighted by Crippen LogP contribution is 2.36. The SMILES string of the molecule is C=C[C@@H](CCC(C)C)N(C(=C)C(NC)C1Cc2ccccc2C1)[C@@H](C)c1ccc(C(=N)/C=C\C)cc1. The lowest BCUT2D eigenvalue weighted by atomic mass is 9.90. The summed E-state index contributed by atoms with van der Waals surface area (Å²) in [6, 6.07) is 17.8. The third-order valence-electron chi connectivity index (χ3n) is 7.68. The zero-order chi connectivity index (χ0) is 26.2. The van der Waals surface area contributed by atoms with E-state index in [1.807, 2.05) is 19.1 Å². The van der Waals surface area contributed by atoms with E-state index in [2.05, 4.69) is 99.2 Å². The molecule has 3 heteroatoms. The van der Waals surface area contributed by atoms with E-state index >= 15 is 0 Å². The summed E-state index contributed by atoms with van der Waals surface area (Å²) in [4.78, 5) is 2.51. The first-order valence-corrected chi connectivity index (χ1v) is 13.5. The fourth-order valence-corrected chi connectivity index (χ4v) is 5.65. The minimum atomic E-state index is 0.136. The topological polar surface area (TPSA) is 39.1 Å². The van der Waals surface area contributed by atoms with E-state index in [-0.39, 0.29) is 18.1 Å². The van der Waals surface area contributed by atoms with Gasteiger partial charge in [0.25, 0.3) is 0 Å². The Labute approximate surface area is 219 Å². The molecule has 0 bridgehead atoms. The van der Waals surface area contributed by atoms with Gasteiger partial charge in [0.05, 0.1) is 11.8 Å². The molecule has 3 atom stereocenters. The molecule has 192 valence electrons. The summed E-state index contributed by atoms with van der Waals surface area (Å²) >= 11 is 0. The molecule has 36 heavy (non-hydrogen) atoms. The van der Waals surface area contributed by atoms with Gasteiger partial charge in [0.1, 0.15) is 0 Å². The molecule has 2 N–H and O–H groups in total. The standard InChI is InChI=1S/C33H45N3/c1-8-12-32(34)27-18-16-26(17-19-27)24(5)36(31(9-2)20-15-23(3)4)25(6)33(35-7)30-21-28-13-10-11-14-29(28)22-30/h8-14,16-19,23-24,30-31,33-35H,2,6,15,20-22H2,1,3-5,7H3/b12-8-,34-32?/t24-,31-,33?/m0/s1. The third kappa shape index (κ3) is 6.44. The van der Waals surface area contributed by atoms with Gasteiger partial charge in [-0.15, -0.1) is 6.58 Å². The Morgan fingerprint density at radius 1 is 1.06 bits per heavy atom. The number of hydrogen-bond acceptors (Lipinski definition) is 3. The monoisotopic (exact) mass is 483 g/mol. The number of nitrogens with zero attached hydrogens (tertiary/aromatic N) is 1. The van der Waals surface area contributed by atoms with Crippen LogP contribution < -0.4 is 5.32 Å². The molecule has 1 unspecified atom stereocenters.